The van der Waals surface area contributed by atoms with E-state index >= 15 is 0 Å². The lowest BCUT2D eigenvalue weighted by Gasteiger charge is -2.12. The van der Waals surface area contributed by atoms with E-state index in [1.807, 2.05) is 6.07 Å². The molecule has 10 heteroatoms. The number of rotatable bonds is 1. The standard InChI is InChI=1S/C12H11NO3.2C12H15NO.C12H13NO/c14-10-5-4-8-6-7-2-1-3-9(7)12(11(8)10)13(15)16;3*13-12-9-3-1-2-7(9)6-8-4-5-10(14)11(8)12/h6H,1-5H2;2*6,10,14H,1-5,13H2;6H,1-5,13H2. The number of nitrogen functional groups attached to an aromatic ring is 3. The van der Waals surface area contributed by atoms with Crippen LogP contribution in [0.2, 0.25) is 0 Å². The van der Waals surface area contributed by atoms with Crippen molar-refractivity contribution < 1.29 is 24.7 Å². The first kappa shape index (κ1) is 38.5. The molecule has 0 saturated heterocycles. The molecule has 0 fully saturated rings. The third-order valence-corrected chi connectivity index (χ3v) is 14.1. The normalized spacial score (nSPS) is 20.7. The molecule has 10 nitrogen and oxygen atoms in total. The number of nitrogens with zero attached hydrogens (tertiary/aromatic N) is 1. The second-order valence-electron chi connectivity index (χ2n) is 17.5. The number of carbonyl (C=O) groups excluding carboxylic acids is 2. The van der Waals surface area contributed by atoms with Crippen molar-refractivity contribution in [2.45, 2.75) is 141 Å². The molecule has 0 bridgehead atoms. The first-order valence-corrected chi connectivity index (χ1v) is 21.5. The van der Waals surface area contributed by atoms with Crippen LogP contribution in [0.4, 0.5) is 22.7 Å². The van der Waals surface area contributed by atoms with Crippen molar-refractivity contribution in [2.75, 3.05) is 17.2 Å². The molecule has 0 heterocycles. The SMILES string of the molecule is Nc1c2c(cc3c1C(=O)CC3)CCC2.Nc1c2c(cc3c1C(O)CC3)CCC2.Nc1c2c(cc3c1C(O)CC3)CCC2.O=C1CCc2cc3c(c([N+](=O)[O-])c21)CCC3. The zero-order chi connectivity index (χ0) is 40.4. The van der Waals surface area contributed by atoms with Gasteiger partial charge in [0, 0.05) is 52.2 Å². The first-order chi connectivity index (χ1) is 28.0. The molecule has 12 rings (SSSR count). The van der Waals surface area contributed by atoms with Gasteiger partial charge in [-0.3, -0.25) is 19.7 Å². The molecule has 2 atom stereocenters. The molecule has 8 N–H and O–H groups in total. The number of fused-ring (bicyclic) bond motifs is 8. The molecule has 58 heavy (non-hydrogen) atoms. The number of anilines is 3. The second-order valence-corrected chi connectivity index (χ2v) is 17.5. The minimum Gasteiger partial charge on any atom is -0.398 e. The summed E-state index contributed by atoms with van der Waals surface area (Å²) < 4.78 is 0. The lowest BCUT2D eigenvalue weighted by atomic mass is 9.98. The van der Waals surface area contributed by atoms with E-state index in [0.29, 0.717) is 24.8 Å². The number of nitrogens with two attached hydrogens (primary N) is 3. The van der Waals surface area contributed by atoms with Gasteiger partial charge in [-0.25, -0.2) is 0 Å². The van der Waals surface area contributed by atoms with Gasteiger partial charge in [-0.05, 0) is 177 Å². The fourth-order valence-electron chi connectivity index (χ4n) is 11.4. The van der Waals surface area contributed by atoms with Gasteiger partial charge >= 0.3 is 0 Å². The van der Waals surface area contributed by atoms with Crippen molar-refractivity contribution in [2.24, 2.45) is 0 Å². The highest BCUT2D eigenvalue weighted by atomic mass is 16.6. The van der Waals surface area contributed by atoms with Gasteiger partial charge in [-0.2, -0.15) is 0 Å². The third kappa shape index (κ3) is 6.58. The quantitative estimate of drug-likeness (QED) is 0.0735. The highest BCUT2D eigenvalue weighted by Gasteiger charge is 2.35. The number of aliphatic hydroxyl groups is 2. The molecule has 0 aliphatic heterocycles. The summed E-state index contributed by atoms with van der Waals surface area (Å²) in [4.78, 5) is 34.0. The van der Waals surface area contributed by atoms with Crippen LogP contribution in [-0.4, -0.2) is 26.7 Å². The summed E-state index contributed by atoms with van der Waals surface area (Å²) in [6.45, 7) is 0. The molecule has 0 spiro atoms. The van der Waals surface area contributed by atoms with Crippen molar-refractivity contribution in [3.63, 3.8) is 0 Å². The Balaban J connectivity index is 0.000000100. The Hall–Kier alpha value is -5.06. The smallest absolute Gasteiger partial charge is 0.283 e. The van der Waals surface area contributed by atoms with Crippen LogP contribution in [0.3, 0.4) is 0 Å². The monoisotopic (exact) mass is 782 g/mol. The molecule has 0 radical (unpaired) electrons. The first-order valence-electron chi connectivity index (χ1n) is 21.5. The topological polar surface area (TPSA) is 196 Å². The second kappa shape index (κ2) is 15.3. The summed E-state index contributed by atoms with van der Waals surface area (Å²) in [5, 5.41) is 30.7. The molecule has 8 aliphatic carbocycles. The van der Waals surface area contributed by atoms with E-state index in [-0.39, 0.29) is 34.4 Å². The lowest BCUT2D eigenvalue weighted by Crippen LogP contribution is -2.04. The fraction of sp³-hybridized carbons (Fsp3) is 0.458. The van der Waals surface area contributed by atoms with Gasteiger partial charge in [0.25, 0.3) is 5.69 Å². The van der Waals surface area contributed by atoms with Crippen LogP contribution in [0.15, 0.2) is 24.3 Å². The molecular weight excluding hydrogens is 729 g/mol. The van der Waals surface area contributed by atoms with E-state index in [2.05, 4.69) is 18.2 Å². The summed E-state index contributed by atoms with van der Waals surface area (Å²) in [7, 11) is 0. The number of hydrogen-bond donors (Lipinski definition) is 5. The number of nitro benzene ring substituents is 1. The number of carbonyl (C=O) groups is 2. The van der Waals surface area contributed by atoms with Crippen LogP contribution >= 0.6 is 0 Å². The summed E-state index contributed by atoms with van der Waals surface area (Å²) in [6, 6.07) is 8.75. The molecule has 302 valence electrons. The lowest BCUT2D eigenvalue weighted by molar-refractivity contribution is -0.385. The Morgan fingerprint density at radius 1 is 0.466 bits per heavy atom. The molecule has 8 aliphatic rings. The van der Waals surface area contributed by atoms with Crippen molar-refractivity contribution in [3.8, 4) is 0 Å². The van der Waals surface area contributed by atoms with Crippen LogP contribution in [0.25, 0.3) is 0 Å². The highest BCUT2D eigenvalue weighted by Crippen LogP contribution is 2.43. The highest BCUT2D eigenvalue weighted by molar-refractivity contribution is 6.06. The molecule has 0 saturated carbocycles. The summed E-state index contributed by atoms with van der Waals surface area (Å²) in [6.07, 6.45) is 18.7. The average Bonchev–Trinajstić information content (AvgIpc) is 4.05. The van der Waals surface area contributed by atoms with Gasteiger partial charge in [0.15, 0.2) is 11.6 Å². The zero-order valence-electron chi connectivity index (χ0n) is 33.3. The minimum atomic E-state index is -0.369. The minimum absolute atomic E-state index is 0.0589. The van der Waals surface area contributed by atoms with Crippen molar-refractivity contribution in [1.82, 2.24) is 0 Å². The van der Waals surface area contributed by atoms with Crippen LogP contribution in [0, 0.1) is 10.1 Å². The number of aliphatic hydroxyl groups excluding tert-OH is 2. The van der Waals surface area contributed by atoms with Crippen LogP contribution in [-0.2, 0) is 77.0 Å². The van der Waals surface area contributed by atoms with Gasteiger partial charge in [0.05, 0.1) is 22.7 Å². The van der Waals surface area contributed by atoms with E-state index in [1.165, 1.54) is 82.2 Å². The predicted octanol–water partition coefficient (Wildman–Crippen LogP) is 7.57. The van der Waals surface area contributed by atoms with Gasteiger partial charge in [-0.15, -0.1) is 0 Å². The van der Waals surface area contributed by atoms with Crippen molar-refractivity contribution in [1.29, 1.82) is 0 Å². The Bertz CT molecular complexity index is 2340. The number of ketones is 2. The molecular formula is C48H54N4O6. The van der Waals surface area contributed by atoms with Gasteiger partial charge in [0.1, 0.15) is 0 Å². The fourth-order valence-corrected chi connectivity index (χ4v) is 11.4. The summed E-state index contributed by atoms with van der Waals surface area (Å²) in [5.74, 6) is 0.184. The molecule has 0 amide bonds. The van der Waals surface area contributed by atoms with E-state index in [1.54, 1.807) is 0 Å². The number of benzene rings is 4. The molecule has 4 aromatic carbocycles. The maximum Gasteiger partial charge on any atom is 0.283 e. The third-order valence-electron chi connectivity index (χ3n) is 14.1. The van der Waals surface area contributed by atoms with Crippen LogP contribution < -0.4 is 17.2 Å². The molecule has 0 aromatic heterocycles. The largest absolute Gasteiger partial charge is 0.398 e. The van der Waals surface area contributed by atoms with Crippen molar-refractivity contribution in [3.05, 3.63) is 123 Å². The van der Waals surface area contributed by atoms with E-state index in [0.717, 1.165) is 127 Å². The Morgan fingerprint density at radius 2 is 0.845 bits per heavy atom. The van der Waals surface area contributed by atoms with E-state index in [9.17, 15) is 29.9 Å². The predicted molar refractivity (Wildman–Crippen MR) is 226 cm³/mol. The van der Waals surface area contributed by atoms with Gasteiger partial charge < -0.3 is 27.4 Å². The number of nitro groups is 1. The molecule has 4 aromatic rings. The summed E-state index contributed by atoms with van der Waals surface area (Å²) in [5.41, 5.74) is 38.9. The maximum absolute atomic E-state index is 11.7. The maximum atomic E-state index is 11.7. The van der Waals surface area contributed by atoms with Crippen LogP contribution in [0.5, 0.6) is 0 Å². The van der Waals surface area contributed by atoms with E-state index < -0.39 is 0 Å². The molecule has 2 unspecified atom stereocenters. The number of hydrogen-bond acceptors (Lipinski definition) is 9. The Kier molecular flexibility index (Phi) is 10.1. The van der Waals surface area contributed by atoms with Crippen LogP contribution in [0.1, 0.15) is 162 Å². The van der Waals surface area contributed by atoms with Crippen molar-refractivity contribution >= 4 is 34.3 Å². The zero-order valence-corrected chi connectivity index (χ0v) is 33.3. The van der Waals surface area contributed by atoms with E-state index in [4.69, 9.17) is 17.2 Å². The van der Waals surface area contributed by atoms with Gasteiger partial charge in [0.2, 0.25) is 0 Å². The summed E-state index contributed by atoms with van der Waals surface area (Å²) >= 11 is 0. The number of Topliss-reactive ketones (excluding diaryl/α,β-unsaturated/α-hetero) is 2. The number of aryl methyl sites for hydroxylation is 8. The average molecular weight is 783 g/mol. The van der Waals surface area contributed by atoms with Gasteiger partial charge in [-0.1, -0.05) is 24.3 Å². The Labute approximate surface area is 339 Å². The Morgan fingerprint density at radius 3 is 1.31 bits per heavy atom.